The van der Waals surface area contributed by atoms with Crippen LogP contribution in [0.5, 0.6) is 0 Å². The van der Waals surface area contributed by atoms with Crippen molar-refractivity contribution in [2.24, 2.45) is 0 Å². The van der Waals surface area contributed by atoms with Gasteiger partial charge < -0.3 is 16.0 Å². The molecule has 0 radical (unpaired) electrons. The molecule has 3 aromatic carbocycles. The number of hydrogen-bond donors (Lipinski definition) is 3. The molecular weight excluding hydrogens is 474 g/mol. The molecule has 7 nitrogen and oxygen atoms in total. The molecule has 4 aromatic rings. The first-order chi connectivity index (χ1) is 17.4. The van der Waals surface area contributed by atoms with Crippen LogP contribution in [-0.4, -0.2) is 21.6 Å². The maximum absolute atomic E-state index is 13.5. The molecule has 0 spiro atoms. The van der Waals surface area contributed by atoms with E-state index in [0.29, 0.717) is 39.0 Å². The molecule has 0 bridgehead atoms. The van der Waals surface area contributed by atoms with Gasteiger partial charge in [-0.15, -0.1) is 0 Å². The molecule has 8 heteroatoms. The summed E-state index contributed by atoms with van der Waals surface area (Å²) in [5.41, 5.74) is 4.72. The maximum atomic E-state index is 13.5. The predicted octanol–water partition coefficient (Wildman–Crippen LogP) is 6.02. The molecule has 2 heterocycles. The number of allylic oxidation sites excluding steroid dienone is 1. The number of hydrogen-bond acceptors (Lipinski definition) is 4. The van der Waals surface area contributed by atoms with Crippen LogP contribution in [0, 0.1) is 6.92 Å². The second-order valence-corrected chi connectivity index (χ2v) is 9.05. The van der Waals surface area contributed by atoms with Gasteiger partial charge in [0.1, 0.15) is 17.4 Å². The highest BCUT2D eigenvalue weighted by atomic mass is 35.5. The zero-order chi connectivity index (χ0) is 25.2. The van der Waals surface area contributed by atoms with Gasteiger partial charge in [-0.1, -0.05) is 54.1 Å². The monoisotopic (exact) mass is 497 g/mol. The molecule has 1 aromatic heterocycles. The van der Waals surface area contributed by atoms with Crippen molar-refractivity contribution < 1.29 is 9.59 Å². The Bertz CT molecular complexity index is 1480. The van der Waals surface area contributed by atoms with Crippen LogP contribution in [0.15, 0.2) is 96.3 Å². The smallest absolute Gasteiger partial charge is 0.261 e. The van der Waals surface area contributed by atoms with Crippen LogP contribution < -0.4 is 16.0 Å². The van der Waals surface area contributed by atoms with Crippen LogP contribution in [0.2, 0.25) is 5.02 Å². The Morgan fingerprint density at radius 1 is 0.889 bits per heavy atom. The molecule has 2 amide bonds. The van der Waals surface area contributed by atoms with Gasteiger partial charge in [-0.25, -0.2) is 4.68 Å². The number of fused-ring (bicyclic) bond motifs is 1. The van der Waals surface area contributed by atoms with E-state index in [9.17, 15) is 9.59 Å². The third-order valence-corrected chi connectivity index (χ3v) is 6.26. The second kappa shape index (κ2) is 9.71. The Kier molecular flexibility index (Phi) is 6.31. The summed E-state index contributed by atoms with van der Waals surface area (Å²) in [6, 6.07) is 23.5. The lowest BCUT2D eigenvalue weighted by molar-refractivity contribution is -0.113. The number of para-hydroxylation sites is 1. The zero-order valence-corrected chi connectivity index (χ0v) is 20.5. The average molecular weight is 498 g/mol. The van der Waals surface area contributed by atoms with Gasteiger partial charge in [0.2, 0.25) is 0 Å². The number of nitrogens with zero attached hydrogens (tertiary/aromatic N) is 2. The van der Waals surface area contributed by atoms with Crippen LogP contribution in [0.3, 0.4) is 0 Å². The Balaban J connectivity index is 1.54. The Morgan fingerprint density at radius 3 is 2.31 bits per heavy atom. The zero-order valence-electron chi connectivity index (χ0n) is 19.7. The molecule has 0 aliphatic carbocycles. The summed E-state index contributed by atoms with van der Waals surface area (Å²) in [5, 5.41) is 14.3. The largest absolute Gasteiger partial charge is 0.343 e. The Morgan fingerprint density at radius 2 is 1.58 bits per heavy atom. The Labute approximate surface area is 213 Å². The van der Waals surface area contributed by atoms with Gasteiger partial charge >= 0.3 is 0 Å². The first-order valence-corrected chi connectivity index (χ1v) is 11.8. The summed E-state index contributed by atoms with van der Waals surface area (Å²) in [6.45, 7) is 3.79. The number of aromatic nitrogens is 2. The van der Waals surface area contributed by atoms with Crippen molar-refractivity contribution in [1.82, 2.24) is 9.78 Å². The highest BCUT2D eigenvalue weighted by Crippen LogP contribution is 2.38. The van der Waals surface area contributed by atoms with E-state index in [1.54, 1.807) is 16.8 Å². The lowest BCUT2D eigenvalue weighted by Crippen LogP contribution is -2.32. The number of rotatable bonds is 5. The van der Waals surface area contributed by atoms with E-state index >= 15 is 0 Å². The number of carbonyl (C=O) groups is 2. The summed E-state index contributed by atoms with van der Waals surface area (Å²) in [6.07, 6.45) is 1.52. The average Bonchev–Trinajstić information content (AvgIpc) is 3.28. The number of amides is 2. The highest BCUT2D eigenvalue weighted by molar-refractivity contribution is 6.30. The molecule has 0 fully saturated rings. The van der Waals surface area contributed by atoms with Crippen molar-refractivity contribution in [1.29, 1.82) is 0 Å². The predicted molar refractivity (Wildman–Crippen MR) is 142 cm³/mol. The summed E-state index contributed by atoms with van der Waals surface area (Å²) in [7, 11) is 0. The van der Waals surface area contributed by atoms with E-state index in [4.69, 9.17) is 11.6 Å². The summed E-state index contributed by atoms with van der Waals surface area (Å²) < 4.78 is 1.67. The van der Waals surface area contributed by atoms with Crippen molar-refractivity contribution >= 4 is 40.6 Å². The topological polar surface area (TPSA) is 88.0 Å². The molecule has 0 saturated carbocycles. The number of anilines is 3. The van der Waals surface area contributed by atoms with Crippen molar-refractivity contribution in [3.63, 3.8) is 0 Å². The van der Waals surface area contributed by atoms with Crippen LogP contribution in [0.25, 0.3) is 0 Å². The first-order valence-electron chi connectivity index (χ1n) is 11.5. The van der Waals surface area contributed by atoms with E-state index < -0.39 is 6.04 Å². The fourth-order valence-electron chi connectivity index (χ4n) is 4.31. The molecule has 5 rings (SSSR count). The molecule has 1 aliphatic heterocycles. The minimum absolute atomic E-state index is 0.266. The van der Waals surface area contributed by atoms with Crippen molar-refractivity contribution in [3.05, 3.63) is 118 Å². The fourth-order valence-corrected chi connectivity index (χ4v) is 4.44. The molecule has 1 atom stereocenters. The summed E-state index contributed by atoms with van der Waals surface area (Å²) >= 11 is 6.14. The maximum Gasteiger partial charge on any atom is 0.261 e. The van der Waals surface area contributed by atoms with Crippen LogP contribution in [0.1, 0.15) is 34.5 Å². The molecule has 3 N–H and O–H groups in total. The molecule has 1 aliphatic rings. The lowest BCUT2D eigenvalue weighted by Gasteiger charge is -2.30. The second-order valence-electron chi connectivity index (χ2n) is 8.61. The molecule has 180 valence electrons. The van der Waals surface area contributed by atoms with Crippen LogP contribution >= 0.6 is 11.6 Å². The minimum atomic E-state index is -0.567. The summed E-state index contributed by atoms with van der Waals surface area (Å²) in [4.78, 5) is 26.7. The third kappa shape index (κ3) is 4.61. The van der Waals surface area contributed by atoms with Crippen LogP contribution in [0.4, 0.5) is 17.2 Å². The number of nitrogens with one attached hydrogen (secondary N) is 3. The third-order valence-electron chi connectivity index (χ3n) is 6.01. The SMILES string of the molecule is CC1=C(C(=O)Nc2ccccc2)C(c2ccc(Cl)cc2)n2ncc(C(=O)Nc3cccc(C)c3)c2N1. The van der Waals surface area contributed by atoms with Gasteiger partial charge in [0.15, 0.2) is 0 Å². The number of aryl methyl sites for hydroxylation is 1. The quantitative estimate of drug-likeness (QED) is 0.314. The molecule has 0 saturated heterocycles. The molecule has 36 heavy (non-hydrogen) atoms. The molecular formula is C28H24ClN5O2. The van der Waals surface area contributed by atoms with E-state index in [2.05, 4.69) is 21.0 Å². The lowest BCUT2D eigenvalue weighted by atomic mass is 9.94. The van der Waals surface area contributed by atoms with E-state index in [-0.39, 0.29) is 11.8 Å². The van der Waals surface area contributed by atoms with Gasteiger partial charge in [0, 0.05) is 22.1 Å². The summed E-state index contributed by atoms with van der Waals surface area (Å²) in [5.74, 6) is -0.0545. The number of carbonyl (C=O) groups excluding carboxylic acids is 2. The van der Waals surface area contributed by atoms with Gasteiger partial charge in [-0.2, -0.15) is 5.10 Å². The molecule has 1 unspecified atom stereocenters. The van der Waals surface area contributed by atoms with E-state index in [1.807, 2.05) is 80.6 Å². The fraction of sp³-hybridized carbons (Fsp3) is 0.107. The van der Waals surface area contributed by atoms with E-state index in [0.717, 1.165) is 11.1 Å². The van der Waals surface area contributed by atoms with Crippen molar-refractivity contribution in [2.75, 3.05) is 16.0 Å². The van der Waals surface area contributed by atoms with Gasteiger partial charge in [0.25, 0.3) is 11.8 Å². The van der Waals surface area contributed by atoms with Crippen molar-refractivity contribution in [2.45, 2.75) is 19.9 Å². The number of halogens is 1. The standard InChI is InChI=1S/C28H24ClN5O2/c1-17-7-6-10-22(15-17)33-27(35)23-16-30-34-25(19-11-13-20(29)14-12-19)24(18(2)31-26(23)34)28(36)32-21-8-4-3-5-9-21/h3-16,25,31H,1-2H3,(H,32,36)(H,33,35). The Hall–Kier alpha value is -4.36. The van der Waals surface area contributed by atoms with Gasteiger partial charge in [0.05, 0.1) is 11.8 Å². The normalized spacial score (nSPS) is 14.6. The first kappa shape index (κ1) is 23.4. The minimum Gasteiger partial charge on any atom is -0.343 e. The number of benzene rings is 3. The van der Waals surface area contributed by atoms with E-state index in [1.165, 1.54) is 6.20 Å². The van der Waals surface area contributed by atoms with Crippen LogP contribution in [-0.2, 0) is 4.79 Å². The van der Waals surface area contributed by atoms with Gasteiger partial charge in [-0.3, -0.25) is 9.59 Å². The van der Waals surface area contributed by atoms with Crippen molar-refractivity contribution in [3.8, 4) is 0 Å². The van der Waals surface area contributed by atoms with Gasteiger partial charge in [-0.05, 0) is 61.4 Å². The highest BCUT2D eigenvalue weighted by Gasteiger charge is 2.35.